The molecule has 140 valence electrons. The fraction of sp³-hybridized carbons (Fsp3) is 0.333. The second-order valence-electron chi connectivity index (χ2n) is 6.02. The fourth-order valence-corrected chi connectivity index (χ4v) is 3.49. The Morgan fingerprint density at radius 2 is 1.81 bits per heavy atom. The highest BCUT2D eigenvalue weighted by Crippen LogP contribution is 2.45. The second-order valence-corrected chi connectivity index (χ2v) is 6.93. The van der Waals surface area contributed by atoms with E-state index in [4.69, 9.17) is 4.74 Å². The van der Waals surface area contributed by atoms with Crippen LogP contribution < -0.4 is 15.6 Å². The van der Waals surface area contributed by atoms with E-state index in [9.17, 15) is 18.3 Å². The number of alkyl halides is 3. The summed E-state index contributed by atoms with van der Waals surface area (Å²) < 4.78 is 46.7. The third kappa shape index (κ3) is 3.82. The van der Waals surface area contributed by atoms with Crippen LogP contribution in [0.25, 0.3) is 0 Å². The minimum Gasteiger partial charge on any atom is -0.507 e. The number of hydrazine groups is 1. The van der Waals surface area contributed by atoms with Crippen LogP contribution >= 0.6 is 15.9 Å². The average molecular weight is 431 g/mol. The monoisotopic (exact) mass is 430 g/mol. The van der Waals surface area contributed by atoms with Gasteiger partial charge in [-0.05, 0) is 30.7 Å². The van der Waals surface area contributed by atoms with Crippen LogP contribution in [0.4, 0.5) is 13.2 Å². The van der Waals surface area contributed by atoms with E-state index in [0.29, 0.717) is 23.5 Å². The van der Waals surface area contributed by atoms with Crippen LogP contribution in [-0.4, -0.2) is 23.9 Å². The molecule has 26 heavy (non-hydrogen) atoms. The van der Waals surface area contributed by atoms with Gasteiger partial charge < -0.3 is 9.84 Å². The number of hydrogen-bond acceptors (Lipinski definition) is 4. The van der Waals surface area contributed by atoms with Crippen LogP contribution in [0.1, 0.15) is 30.0 Å². The minimum absolute atomic E-state index is 0.111. The van der Waals surface area contributed by atoms with Gasteiger partial charge in [-0.15, -0.1) is 0 Å². The number of aromatic hydroxyl groups is 1. The topological polar surface area (TPSA) is 53.5 Å². The summed E-state index contributed by atoms with van der Waals surface area (Å²) in [5, 5.41) is 10.3. The van der Waals surface area contributed by atoms with Crippen molar-refractivity contribution in [3.05, 3.63) is 58.1 Å². The van der Waals surface area contributed by atoms with Crippen molar-refractivity contribution in [2.75, 3.05) is 6.61 Å². The highest BCUT2D eigenvalue weighted by Gasteiger charge is 2.52. The zero-order valence-corrected chi connectivity index (χ0v) is 15.4. The van der Waals surface area contributed by atoms with Gasteiger partial charge in [0.1, 0.15) is 17.5 Å². The molecule has 3 atom stereocenters. The number of phenols is 1. The molecule has 3 rings (SSSR count). The molecule has 1 fully saturated rings. The van der Waals surface area contributed by atoms with Crippen LogP contribution in [-0.2, 0) is 0 Å². The van der Waals surface area contributed by atoms with Crippen molar-refractivity contribution in [1.29, 1.82) is 0 Å². The molecule has 2 aromatic carbocycles. The molecule has 0 aliphatic carbocycles. The van der Waals surface area contributed by atoms with Crippen LogP contribution in [0.2, 0.25) is 0 Å². The summed E-state index contributed by atoms with van der Waals surface area (Å²) >= 11 is 3.30. The predicted octanol–water partition coefficient (Wildman–Crippen LogP) is 4.42. The lowest BCUT2D eigenvalue weighted by Gasteiger charge is -2.26. The van der Waals surface area contributed by atoms with E-state index in [1.54, 1.807) is 36.4 Å². The summed E-state index contributed by atoms with van der Waals surface area (Å²) in [7, 11) is 0. The molecule has 0 spiro atoms. The first-order valence-electron chi connectivity index (χ1n) is 8.10. The van der Waals surface area contributed by atoms with Crippen molar-refractivity contribution in [2.45, 2.75) is 31.1 Å². The lowest BCUT2D eigenvalue weighted by atomic mass is 9.83. The molecule has 1 saturated heterocycles. The van der Waals surface area contributed by atoms with Crippen molar-refractivity contribution in [2.24, 2.45) is 0 Å². The van der Waals surface area contributed by atoms with E-state index in [2.05, 4.69) is 26.8 Å². The first-order valence-corrected chi connectivity index (χ1v) is 8.89. The lowest BCUT2D eigenvalue weighted by molar-refractivity contribution is -0.156. The Hall–Kier alpha value is -1.77. The summed E-state index contributed by atoms with van der Waals surface area (Å²) in [5.41, 5.74) is 5.94. The van der Waals surface area contributed by atoms with Gasteiger partial charge in [-0.3, -0.25) is 0 Å². The first-order chi connectivity index (χ1) is 12.3. The van der Waals surface area contributed by atoms with Gasteiger partial charge >= 0.3 is 6.18 Å². The smallest absolute Gasteiger partial charge is 0.405 e. The molecule has 1 heterocycles. The maximum atomic E-state index is 13.5. The molecule has 0 saturated carbocycles. The van der Waals surface area contributed by atoms with Crippen molar-refractivity contribution in [3.8, 4) is 11.5 Å². The van der Waals surface area contributed by atoms with Crippen molar-refractivity contribution < 1.29 is 23.0 Å². The van der Waals surface area contributed by atoms with E-state index >= 15 is 0 Å². The van der Waals surface area contributed by atoms with Gasteiger partial charge in [-0.2, -0.15) is 13.2 Å². The van der Waals surface area contributed by atoms with Gasteiger partial charge in [-0.1, -0.05) is 34.1 Å². The van der Waals surface area contributed by atoms with E-state index < -0.39 is 24.2 Å². The molecule has 3 N–H and O–H groups in total. The number of rotatable bonds is 4. The van der Waals surface area contributed by atoms with Gasteiger partial charge in [0.2, 0.25) is 0 Å². The molecule has 0 aromatic heterocycles. The lowest BCUT2D eigenvalue weighted by Crippen LogP contribution is -2.43. The third-order valence-corrected chi connectivity index (χ3v) is 4.90. The van der Waals surface area contributed by atoms with Crippen molar-refractivity contribution >= 4 is 15.9 Å². The normalized spacial score (nSPS) is 23.2. The number of benzene rings is 2. The van der Waals surface area contributed by atoms with Crippen LogP contribution in [0.5, 0.6) is 11.5 Å². The Morgan fingerprint density at radius 3 is 2.38 bits per heavy atom. The van der Waals surface area contributed by atoms with Crippen molar-refractivity contribution in [3.63, 3.8) is 0 Å². The van der Waals surface area contributed by atoms with Gasteiger partial charge in [0.25, 0.3) is 0 Å². The molecule has 8 heteroatoms. The maximum absolute atomic E-state index is 13.5. The molecule has 1 aliphatic heterocycles. The van der Waals surface area contributed by atoms with E-state index in [1.807, 2.05) is 6.92 Å². The fourth-order valence-electron chi connectivity index (χ4n) is 3.22. The number of ether oxygens (including phenoxy) is 1. The summed E-state index contributed by atoms with van der Waals surface area (Å²) in [6.45, 7) is 2.24. The van der Waals surface area contributed by atoms with E-state index in [1.165, 1.54) is 6.07 Å². The summed E-state index contributed by atoms with van der Waals surface area (Å²) in [4.78, 5) is 0. The number of phenolic OH excluding ortho intramolecular Hbond substituents is 1. The Bertz CT molecular complexity index is 768. The Kier molecular flexibility index (Phi) is 5.45. The highest BCUT2D eigenvalue weighted by molar-refractivity contribution is 9.10. The molecule has 0 amide bonds. The van der Waals surface area contributed by atoms with Gasteiger partial charge in [-0.25, -0.2) is 10.9 Å². The van der Waals surface area contributed by atoms with Crippen LogP contribution in [0, 0.1) is 0 Å². The Balaban J connectivity index is 2.01. The molecule has 1 aliphatic rings. The first kappa shape index (κ1) is 19.0. The number of halogens is 4. The predicted molar refractivity (Wildman–Crippen MR) is 95.0 cm³/mol. The summed E-state index contributed by atoms with van der Waals surface area (Å²) in [6, 6.07) is 8.83. The molecular weight excluding hydrogens is 413 g/mol. The van der Waals surface area contributed by atoms with Gasteiger partial charge in [0.15, 0.2) is 0 Å². The Morgan fingerprint density at radius 1 is 1.12 bits per heavy atom. The van der Waals surface area contributed by atoms with Crippen LogP contribution in [0.3, 0.4) is 0 Å². The largest absolute Gasteiger partial charge is 0.507 e. The summed E-state index contributed by atoms with van der Waals surface area (Å²) in [5.74, 6) is -0.584. The SMILES string of the molecule is CCOc1ccc(C2NNC(C(F)(F)F)C2c2ccc(Br)cc2)c(O)c1. The molecule has 0 radical (unpaired) electrons. The maximum Gasteiger partial charge on any atom is 0.405 e. The van der Waals surface area contributed by atoms with Gasteiger partial charge in [0.05, 0.1) is 12.6 Å². The Labute approximate surface area is 157 Å². The van der Waals surface area contributed by atoms with E-state index in [0.717, 1.165) is 4.47 Å². The van der Waals surface area contributed by atoms with Crippen molar-refractivity contribution in [1.82, 2.24) is 10.9 Å². The minimum atomic E-state index is -4.44. The number of nitrogens with one attached hydrogen (secondary N) is 2. The molecule has 0 bridgehead atoms. The standard InChI is InChI=1S/C18H18BrF3N2O2/c1-2-26-12-7-8-13(14(25)9-12)16-15(10-3-5-11(19)6-4-10)17(24-23-16)18(20,21)22/h3-9,15-17,23-25H,2H2,1H3. The zero-order valence-electron chi connectivity index (χ0n) is 13.8. The average Bonchev–Trinajstić information content (AvgIpc) is 3.01. The zero-order chi connectivity index (χ0) is 18.9. The van der Waals surface area contributed by atoms with Crippen LogP contribution in [0.15, 0.2) is 46.9 Å². The van der Waals surface area contributed by atoms with E-state index in [-0.39, 0.29) is 5.75 Å². The second kappa shape index (κ2) is 7.46. The molecule has 3 unspecified atom stereocenters. The number of hydrogen-bond donors (Lipinski definition) is 3. The molecule has 2 aromatic rings. The quantitative estimate of drug-likeness (QED) is 0.671. The molecular formula is C18H18BrF3N2O2. The summed E-state index contributed by atoms with van der Waals surface area (Å²) in [6.07, 6.45) is -4.44. The van der Waals surface area contributed by atoms with Gasteiger partial charge in [0, 0.05) is 22.0 Å². The highest BCUT2D eigenvalue weighted by atomic mass is 79.9. The molecule has 4 nitrogen and oxygen atoms in total. The third-order valence-electron chi connectivity index (χ3n) is 4.37.